The smallest absolute Gasteiger partial charge is 0.166 e. The minimum Gasteiger partial charge on any atom is -0.383 e. The first-order chi connectivity index (χ1) is 8.22. The van der Waals surface area contributed by atoms with Crippen LogP contribution in [0, 0.1) is 0 Å². The van der Waals surface area contributed by atoms with Crippen LogP contribution in [0.3, 0.4) is 0 Å². The van der Waals surface area contributed by atoms with Crippen molar-refractivity contribution in [1.82, 2.24) is 10.6 Å². The van der Waals surface area contributed by atoms with Gasteiger partial charge in [-0.2, -0.15) is 0 Å². The molecular formula is C13H20N2OS. The third kappa shape index (κ3) is 6.24. The van der Waals surface area contributed by atoms with Crippen molar-refractivity contribution in [3.8, 4) is 0 Å². The van der Waals surface area contributed by atoms with Gasteiger partial charge in [0.1, 0.15) is 0 Å². The Morgan fingerprint density at radius 2 is 2.06 bits per heavy atom. The minimum absolute atomic E-state index is 0.233. The van der Waals surface area contributed by atoms with E-state index in [-0.39, 0.29) is 6.04 Å². The van der Waals surface area contributed by atoms with E-state index in [1.165, 1.54) is 5.56 Å². The SMILES string of the molecule is COC[C@@H](C)NC(=S)NCCc1ccccc1. The van der Waals surface area contributed by atoms with E-state index in [0.29, 0.717) is 11.7 Å². The standard InChI is InChI=1S/C13H20N2OS/c1-11(10-16-2)15-13(17)14-9-8-12-6-4-3-5-7-12/h3-7,11H,8-10H2,1-2H3,(H2,14,15,17)/t11-/m1/s1. The van der Waals surface area contributed by atoms with Gasteiger partial charge in [0.25, 0.3) is 0 Å². The van der Waals surface area contributed by atoms with Crippen molar-refractivity contribution in [2.75, 3.05) is 20.3 Å². The van der Waals surface area contributed by atoms with Crippen molar-refractivity contribution in [3.05, 3.63) is 35.9 Å². The monoisotopic (exact) mass is 252 g/mol. The summed E-state index contributed by atoms with van der Waals surface area (Å²) in [7, 11) is 1.68. The normalized spacial score (nSPS) is 11.9. The van der Waals surface area contributed by atoms with Crippen LogP contribution in [0.4, 0.5) is 0 Å². The van der Waals surface area contributed by atoms with E-state index in [9.17, 15) is 0 Å². The summed E-state index contributed by atoms with van der Waals surface area (Å²) in [6.45, 7) is 3.53. The van der Waals surface area contributed by atoms with Crippen molar-refractivity contribution < 1.29 is 4.74 Å². The number of ether oxygens (including phenoxy) is 1. The maximum absolute atomic E-state index is 5.18. The lowest BCUT2D eigenvalue weighted by Gasteiger charge is -2.16. The average Bonchev–Trinajstić information content (AvgIpc) is 2.30. The zero-order chi connectivity index (χ0) is 12.5. The summed E-state index contributed by atoms with van der Waals surface area (Å²) in [5, 5.41) is 7.03. The van der Waals surface area contributed by atoms with Gasteiger partial charge in [-0.15, -0.1) is 0 Å². The highest BCUT2D eigenvalue weighted by molar-refractivity contribution is 7.80. The molecule has 3 nitrogen and oxygen atoms in total. The summed E-state index contributed by atoms with van der Waals surface area (Å²) in [6.07, 6.45) is 0.974. The van der Waals surface area contributed by atoms with E-state index < -0.39 is 0 Å². The molecule has 94 valence electrons. The number of benzene rings is 1. The lowest BCUT2D eigenvalue weighted by molar-refractivity contribution is 0.179. The predicted molar refractivity (Wildman–Crippen MR) is 75.2 cm³/mol. The van der Waals surface area contributed by atoms with Gasteiger partial charge in [-0.1, -0.05) is 30.3 Å². The molecule has 0 fully saturated rings. The Morgan fingerprint density at radius 1 is 1.35 bits per heavy atom. The summed E-state index contributed by atoms with van der Waals surface area (Å²) in [6, 6.07) is 10.6. The lowest BCUT2D eigenvalue weighted by Crippen LogP contribution is -2.43. The van der Waals surface area contributed by atoms with E-state index in [1.807, 2.05) is 25.1 Å². The molecule has 4 heteroatoms. The number of nitrogens with one attached hydrogen (secondary N) is 2. The number of hydrogen-bond donors (Lipinski definition) is 2. The van der Waals surface area contributed by atoms with Crippen LogP contribution in [0.1, 0.15) is 12.5 Å². The van der Waals surface area contributed by atoms with E-state index in [2.05, 4.69) is 22.8 Å². The fourth-order valence-corrected chi connectivity index (χ4v) is 1.83. The van der Waals surface area contributed by atoms with Crippen molar-refractivity contribution in [2.45, 2.75) is 19.4 Å². The maximum Gasteiger partial charge on any atom is 0.166 e. The average molecular weight is 252 g/mol. The van der Waals surface area contributed by atoms with E-state index in [1.54, 1.807) is 7.11 Å². The first-order valence-electron chi connectivity index (χ1n) is 5.79. The zero-order valence-corrected chi connectivity index (χ0v) is 11.2. The Balaban J connectivity index is 2.16. The molecule has 0 heterocycles. The second-order valence-electron chi connectivity index (χ2n) is 3.99. The summed E-state index contributed by atoms with van der Waals surface area (Å²) < 4.78 is 5.03. The van der Waals surface area contributed by atoms with Crippen LogP contribution < -0.4 is 10.6 Å². The van der Waals surface area contributed by atoms with Crippen LogP contribution in [0.5, 0.6) is 0 Å². The molecule has 0 saturated carbocycles. The number of thiocarbonyl (C=S) groups is 1. The van der Waals surface area contributed by atoms with Gasteiger partial charge >= 0.3 is 0 Å². The summed E-state index contributed by atoms with van der Waals surface area (Å²) in [4.78, 5) is 0. The van der Waals surface area contributed by atoms with Gasteiger partial charge in [0.15, 0.2) is 5.11 Å². The Bertz CT molecular complexity index is 329. The van der Waals surface area contributed by atoms with Crippen LogP contribution in [-0.4, -0.2) is 31.4 Å². The molecule has 1 atom stereocenters. The largest absolute Gasteiger partial charge is 0.383 e. The summed E-state index contributed by atoms with van der Waals surface area (Å²) in [5.74, 6) is 0. The van der Waals surface area contributed by atoms with Gasteiger partial charge in [0.05, 0.1) is 6.61 Å². The highest BCUT2D eigenvalue weighted by Crippen LogP contribution is 1.97. The van der Waals surface area contributed by atoms with Crippen LogP contribution in [0.15, 0.2) is 30.3 Å². The maximum atomic E-state index is 5.18. The van der Waals surface area contributed by atoms with Crippen LogP contribution >= 0.6 is 12.2 Å². The quantitative estimate of drug-likeness (QED) is 0.756. The van der Waals surface area contributed by atoms with Crippen LogP contribution in [0.25, 0.3) is 0 Å². The number of hydrogen-bond acceptors (Lipinski definition) is 2. The first kappa shape index (κ1) is 13.9. The molecule has 0 aliphatic carbocycles. The fourth-order valence-electron chi connectivity index (χ4n) is 1.53. The third-order valence-corrected chi connectivity index (χ3v) is 2.60. The molecule has 0 aliphatic rings. The second-order valence-corrected chi connectivity index (χ2v) is 4.40. The van der Waals surface area contributed by atoms with Gasteiger partial charge < -0.3 is 15.4 Å². The van der Waals surface area contributed by atoms with Crippen LogP contribution in [0.2, 0.25) is 0 Å². The van der Waals surface area contributed by atoms with Crippen molar-refractivity contribution in [3.63, 3.8) is 0 Å². The molecule has 0 amide bonds. The molecule has 1 aromatic rings. The Morgan fingerprint density at radius 3 is 2.71 bits per heavy atom. The Labute approximate surface area is 109 Å². The third-order valence-electron chi connectivity index (χ3n) is 2.34. The Kier molecular flexibility index (Phi) is 6.58. The molecule has 0 aromatic heterocycles. The number of methoxy groups -OCH3 is 1. The molecule has 0 unspecified atom stereocenters. The lowest BCUT2D eigenvalue weighted by atomic mass is 10.1. The molecule has 1 rings (SSSR count). The van der Waals surface area contributed by atoms with Crippen LogP contribution in [-0.2, 0) is 11.2 Å². The topological polar surface area (TPSA) is 33.3 Å². The molecule has 17 heavy (non-hydrogen) atoms. The van der Waals surface area contributed by atoms with Gasteiger partial charge in [-0.25, -0.2) is 0 Å². The minimum atomic E-state index is 0.233. The van der Waals surface area contributed by atoms with Crippen molar-refractivity contribution in [2.24, 2.45) is 0 Å². The number of rotatable bonds is 6. The van der Waals surface area contributed by atoms with Gasteiger partial charge in [0.2, 0.25) is 0 Å². The van der Waals surface area contributed by atoms with Gasteiger partial charge in [0, 0.05) is 19.7 Å². The predicted octanol–water partition coefficient (Wildman–Crippen LogP) is 1.73. The highest BCUT2D eigenvalue weighted by atomic mass is 32.1. The van der Waals surface area contributed by atoms with E-state index >= 15 is 0 Å². The Hall–Kier alpha value is -1.13. The molecule has 0 bridgehead atoms. The van der Waals surface area contributed by atoms with Gasteiger partial charge in [-0.3, -0.25) is 0 Å². The molecule has 0 radical (unpaired) electrons. The first-order valence-corrected chi connectivity index (χ1v) is 6.20. The molecule has 0 aliphatic heterocycles. The van der Waals surface area contributed by atoms with Crippen molar-refractivity contribution in [1.29, 1.82) is 0 Å². The highest BCUT2D eigenvalue weighted by Gasteiger charge is 2.02. The molecule has 1 aromatic carbocycles. The second kappa shape index (κ2) is 8.03. The summed E-state index contributed by atoms with van der Waals surface area (Å²) in [5.41, 5.74) is 1.31. The van der Waals surface area contributed by atoms with E-state index in [4.69, 9.17) is 17.0 Å². The molecular weight excluding hydrogens is 232 g/mol. The molecule has 2 N–H and O–H groups in total. The fraction of sp³-hybridized carbons (Fsp3) is 0.462. The zero-order valence-electron chi connectivity index (χ0n) is 10.4. The van der Waals surface area contributed by atoms with Gasteiger partial charge in [-0.05, 0) is 31.1 Å². The van der Waals surface area contributed by atoms with Crippen molar-refractivity contribution >= 4 is 17.3 Å². The molecule has 0 spiro atoms. The summed E-state index contributed by atoms with van der Waals surface area (Å²) >= 11 is 5.18. The van der Waals surface area contributed by atoms with E-state index in [0.717, 1.165) is 13.0 Å². The molecule has 0 saturated heterocycles.